The molecule has 12 heteroatoms. The Morgan fingerprint density at radius 2 is 1.65 bits per heavy atom. The maximum absolute atomic E-state index is 13.0. The van der Waals surface area contributed by atoms with E-state index in [4.69, 9.17) is 51.1 Å². The van der Waals surface area contributed by atoms with E-state index in [0.717, 1.165) is 4.90 Å². The molecule has 0 bridgehead atoms. The van der Waals surface area contributed by atoms with Crippen LogP contribution in [0.1, 0.15) is 5.56 Å². The smallest absolute Gasteiger partial charge is 0.335 e. The van der Waals surface area contributed by atoms with E-state index in [9.17, 15) is 19.2 Å². The number of carbonyl (C=O) groups is 4. The van der Waals surface area contributed by atoms with Gasteiger partial charge in [0, 0.05) is 0 Å². The third-order valence-electron chi connectivity index (χ3n) is 5.04. The average molecular weight is 579 g/mol. The highest BCUT2D eigenvalue weighted by Crippen LogP contribution is 2.31. The molecule has 1 fully saturated rings. The van der Waals surface area contributed by atoms with E-state index in [1.54, 1.807) is 24.3 Å². The Morgan fingerprint density at radius 1 is 0.892 bits per heavy atom. The summed E-state index contributed by atoms with van der Waals surface area (Å²) in [6, 6.07) is 14.4. The maximum atomic E-state index is 13.0. The van der Waals surface area contributed by atoms with Crippen LogP contribution in [0.25, 0.3) is 6.08 Å². The second-order valence-electron chi connectivity index (χ2n) is 7.56. The van der Waals surface area contributed by atoms with Gasteiger partial charge in [0.1, 0.15) is 11.3 Å². The number of urea groups is 1. The van der Waals surface area contributed by atoms with Gasteiger partial charge in [0.25, 0.3) is 17.7 Å². The van der Waals surface area contributed by atoms with Crippen LogP contribution in [0.2, 0.25) is 20.1 Å². The van der Waals surface area contributed by atoms with E-state index < -0.39 is 23.8 Å². The molecule has 1 heterocycles. The topological polar surface area (TPSA) is 105 Å². The molecule has 0 saturated carbocycles. The van der Waals surface area contributed by atoms with Gasteiger partial charge in [-0.15, -0.1) is 0 Å². The molecule has 0 unspecified atom stereocenters. The fraction of sp³-hybridized carbons (Fsp3) is 0.0400. The molecule has 0 spiro atoms. The van der Waals surface area contributed by atoms with Gasteiger partial charge in [-0.1, -0.05) is 64.6 Å². The van der Waals surface area contributed by atoms with Gasteiger partial charge in [0.2, 0.25) is 0 Å². The Balaban J connectivity index is 1.49. The zero-order chi connectivity index (χ0) is 26.7. The van der Waals surface area contributed by atoms with Crippen LogP contribution in [0.15, 0.2) is 66.2 Å². The number of barbiturate groups is 1. The highest BCUT2D eigenvalue weighted by Gasteiger charge is 2.37. The van der Waals surface area contributed by atoms with E-state index in [1.165, 1.54) is 42.5 Å². The minimum absolute atomic E-state index is 0.126. The molecule has 2 N–H and O–H groups in total. The number of hydrogen-bond acceptors (Lipinski definition) is 5. The van der Waals surface area contributed by atoms with Crippen molar-refractivity contribution >= 4 is 87.6 Å². The lowest BCUT2D eigenvalue weighted by atomic mass is 10.1. The summed E-state index contributed by atoms with van der Waals surface area (Å²) in [5, 5.41) is 5.61. The molecule has 0 atom stereocenters. The second-order valence-corrected chi connectivity index (χ2v) is 9.19. The number of benzene rings is 3. The third kappa shape index (κ3) is 6.06. The van der Waals surface area contributed by atoms with Crippen LogP contribution in [0, 0.1) is 0 Å². The van der Waals surface area contributed by atoms with Crippen LogP contribution in [0.5, 0.6) is 5.75 Å². The number of rotatable bonds is 6. The highest BCUT2D eigenvalue weighted by atomic mass is 35.5. The van der Waals surface area contributed by atoms with E-state index in [0.29, 0.717) is 16.3 Å². The lowest BCUT2D eigenvalue weighted by Gasteiger charge is -2.26. The quantitative estimate of drug-likeness (QED) is 0.276. The number of ether oxygens (including phenoxy) is 1. The molecule has 3 aromatic rings. The van der Waals surface area contributed by atoms with E-state index in [2.05, 4.69) is 10.6 Å². The fourth-order valence-corrected chi connectivity index (χ4v) is 4.02. The summed E-state index contributed by atoms with van der Waals surface area (Å²) in [6.07, 6.45) is 1.27. The Hall–Kier alpha value is -3.56. The summed E-state index contributed by atoms with van der Waals surface area (Å²) in [5.74, 6) is -1.99. The Morgan fingerprint density at radius 3 is 2.35 bits per heavy atom. The predicted octanol–water partition coefficient (Wildman–Crippen LogP) is 5.98. The Bertz CT molecular complexity index is 1470. The fourth-order valence-electron chi connectivity index (χ4n) is 3.30. The second kappa shape index (κ2) is 11.2. The van der Waals surface area contributed by atoms with Gasteiger partial charge in [0.15, 0.2) is 6.61 Å². The van der Waals surface area contributed by atoms with Gasteiger partial charge >= 0.3 is 6.03 Å². The molecule has 0 aliphatic carbocycles. The molecular formula is C25H15Cl4N3O5. The molecule has 0 aromatic heterocycles. The minimum Gasteiger partial charge on any atom is -0.482 e. The van der Waals surface area contributed by atoms with Crippen molar-refractivity contribution in [1.82, 2.24) is 5.32 Å². The Kier molecular flexibility index (Phi) is 8.04. The van der Waals surface area contributed by atoms with Gasteiger partial charge in [-0.05, 0) is 54.1 Å². The van der Waals surface area contributed by atoms with Crippen LogP contribution in [-0.4, -0.2) is 30.4 Å². The first-order valence-corrected chi connectivity index (χ1v) is 12.0. The van der Waals surface area contributed by atoms with Gasteiger partial charge in [0.05, 0.1) is 31.5 Å². The van der Waals surface area contributed by atoms with Gasteiger partial charge in [-0.25, -0.2) is 9.69 Å². The first kappa shape index (κ1) is 26.5. The molecule has 0 radical (unpaired) electrons. The summed E-state index contributed by atoms with van der Waals surface area (Å²) in [4.78, 5) is 50.8. The standard InChI is InChI=1S/C25H15Cl4N3O5/c26-16-7-6-14(11-18(16)28)32-24(35)15(23(34)31-25(32)36)9-13-5-8-21(19(29)10-13)37-12-22(33)30-20-4-2-1-3-17(20)27/h1-11H,12H2,(H,30,33)(H,31,34,36)/b15-9-. The summed E-state index contributed by atoms with van der Waals surface area (Å²) in [5.41, 5.74) is 0.635. The van der Waals surface area contributed by atoms with E-state index >= 15 is 0 Å². The van der Waals surface area contributed by atoms with Crippen molar-refractivity contribution in [3.8, 4) is 5.75 Å². The summed E-state index contributed by atoms with van der Waals surface area (Å²) < 4.78 is 5.48. The first-order chi connectivity index (χ1) is 17.6. The number of nitrogens with one attached hydrogen (secondary N) is 2. The van der Waals surface area contributed by atoms with Gasteiger partial charge in [-0.3, -0.25) is 19.7 Å². The monoisotopic (exact) mass is 577 g/mol. The molecule has 37 heavy (non-hydrogen) atoms. The van der Waals surface area contributed by atoms with Crippen molar-refractivity contribution in [2.45, 2.75) is 0 Å². The third-order valence-corrected chi connectivity index (χ3v) is 6.40. The number of halogens is 4. The van der Waals surface area contributed by atoms with Crippen LogP contribution < -0.4 is 20.3 Å². The molecule has 3 aromatic carbocycles. The molecule has 1 aliphatic heterocycles. The van der Waals surface area contributed by atoms with Crippen LogP contribution >= 0.6 is 46.4 Å². The van der Waals surface area contributed by atoms with Crippen molar-refractivity contribution < 1.29 is 23.9 Å². The lowest BCUT2D eigenvalue weighted by molar-refractivity contribution is -0.122. The van der Waals surface area contributed by atoms with E-state index in [1.807, 2.05) is 0 Å². The Labute approximate surface area is 230 Å². The molecule has 8 nitrogen and oxygen atoms in total. The number of amides is 5. The van der Waals surface area contributed by atoms with Crippen LogP contribution in [-0.2, 0) is 14.4 Å². The van der Waals surface area contributed by atoms with Crippen molar-refractivity contribution in [2.75, 3.05) is 16.8 Å². The first-order valence-electron chi connectivity index (χ1n) is 10.5. The molecular weight excluding hydrogens is 564 g/mol. The normalized spacial score (nSPS) is 14.5. The highest BCUT2D eigenvalue weighted by molar-refractivity contribution is 6.43. The van der Waals surface area contributed by atoms with Gasteiger partial charge in [-0.2, -0.15) is 0 Å². The zero-order valence-corrected chi connectivity index (χ0v) is 21.6. The largest absolute Gasteiger partial charge is 0.482 e. The van der Waals surface area contributed by atoms with Crippen molar-refractivity contribution in [3.05, 3.63) is 91.9 Å². The maximum Gasteiger partial charge on any atom is 0.335 e. The molecule has 1 saturated heterocycles. The lowest BCUT2D eigenvalue weighted by Crippen LogP contribution is -2.54. The van der Waals surface area contributed by atoms with Crippen LogP contribution in [0.4, 0.5) is 16.2 Å². The molecule has 1 aliphatic rings. The predicted molar refractivity (Wildman–Crippen MR) is 142 cm³/mol. The van der Waals surface area contributed by atoms with E-state index in [-0.39, 0.29) is 38.7 Å². The summed E-state index contributed by atoms with van der Waals surface area (Å²) in [7, 11) is 0. The number of anilines is 2. The average Bonchev–Trinajstić information content (AvgIpc) is 2.84. The number of para-hydroxylation sites is 1. The minimum atomic E-state index is -0.928. The number of nitrogens with zero attached hydrogens (tertiary/aromatic N) is 1. The zero-order valence-electron chi connectivity index (χ0n) is 18.6. The van der Waals surface area contributed by atoms with Gasteiger partial charge < -0.3 is 10.1 Å². The number of imide groups is 2. The summed E-state index contributed by atoms with van der Waals surface area (Å²) >= 11 is 24.2. The van der Waals surface area contributed by atoms with Crippen LogP contribution in [0.3, 0.4) is 0 Å². The SMILES string of the molecule is O=C(COc1ccc(/C=C2/C(=O)NC(=O)N(c3ccc(Cl)c(Cl)c3)C2=O)cc1Cl)Nc1ccccc1Cl. The van der Waals surface area contributed by atoms with Crippen molar-refractivity contribution in [2.24, 2.45) is 0 Å². The van der Waals surface area contributed by atoms with Crippen molar-refractivity contribution in [3.63, 3.8) is 0 Å². The molecule has 4 rings (SSSR count). The number of hydrogen-bond donors (Lipinski definition) is 2. The molecule has 188 valence electrons. The van der Waals surface area contributed by atoms with Crippen molar-refractivity contribution in [1.29, 1.82) is 0 Å². The molecule has 5 amide bonds. The summed E-state index contributed by atoms with van der Waals surface area (Å²) in [6.45, 7) is -0.340. The number of carbonyl (C=O) groups excluding carboxylic acids is 4.